The Kier molecular flexibility index (Phi) is 6.14. The van der Waals surface area contributed by atoms with Crippen molar-refractivity contribution in [1.29, 1.82) is 0 Å². The SMILES string of the molecule is Clc1ccc(OCCn2c(COc3ccc(Cl)cc3Cl)nc3ccccc32)cc1. The van der Waals surface area contributed by atoms with E-state index < -0.39 is 0 Å². The number of hydrogen-bond acceptors (Lipinski definition) is 3. The lowest BCUT2D eigenvalue weighted by Gasteiger charge is -2.12. The molecule has 4 aromatic rings. The zero-order valence-corrected chi connectivity index (χ0v) is 17.6. The first-order valence-corrected chi connectivity index (χ1v) is 10.1. The number of benzene rings is 3. The van der Waals surface area contributed by atoms with Gasteiger partial charge in [-0.05, 0) is 54.6 Å². The summed E-state index contributed by atoms with van der Waals surface area (Å²) in [5.41, 5.74) is 1.92. The molecular weight excluding hydrogens is 431 g/mol. The van der Waals surface area contributed by atoms with E-state index in [1.165, 1.54) is 0 Å². The van der Waals surface area contributed by atoms with Gasteiger partial charge in [0.15, 0.2) is 0 Å². The fraction of sp³-hybridized carbons (Fsp3) is 0.136. The molecule has 4 nitrogen and oxygen atoms in total. The van der Waals surface area contributed by atoms with Gasteiger partial charge in [-0.3, -0.25) is 0 Å². The molecule has 0 saturated heterocycles. The van der Waals surface area contributed by atoms with E-state index in [1.807, 2.05) is 36.4 Å². The van der Waals surface area contributed by atoms with Crippen LogP contribution in [0.15, 0.2) is 66.7 Å². The first-order valence-electron chi connectivity index (χ1n) is 9.00. The summed E-state index contributed by atoms with van der Waals surface area (Å²) in [6, 6.07) is 20.4. The fourth-order valence-corrected chi connectivity index (χ4v) is 3.59. The van der Waals surface area contributed by atoms with Crippen LogP contribution in [0.25, 0.3) is 11.0 Å². The Bertz CT molecular complexity index is 1130. The van der Waals surface area contributed by atoms with Crippen molar-refractivity contribution in [3.63, 3.8) is 0 Å². The van der Waals surface area contributed by atoms with Gasteiger partial charge in [0.25, 0.3) is 0 Å². The van der Waals surface area contributed by atoms with Gasteiger partial charge in [-0.25, -0.2) is 4.98 Å². The minimum absolute atomic E-state index is 0.275. The number of nitrogens with zero attached hydrogens (tertiary/aromatic N) is 2. The van der Waals surface area contributed by atoms with Crippen molar-refractivity contribution in [3.05, 3.63) is 87.6 Å². The zero-order chi connectivity index (χ0) is 20.2. The van der Waals surface area contributed by atoms with Crippen LogP contribution in [0.5, 0.6) is 11.5 Å². The maximum absolute atomic E-state index is 6.21. The summed E-state index contributed by atoms with van der Waals surface area (Å²) in [5.74, 6) is 2.12. The van der Waals surface area contributed by atoms with Crippen LogP contribution < -0.4 is 9.47 Å². The molecule has 0 unspecified atom stereocenters. The lowest BCUT2D eigenvalue weighted by atomic mass is 10.3. The normalized spacial score (nSPS) is 11.0. The highest BCUT2D eigenvalue weighted by atomic mass is 35.5. The molecule has 148 valence electrons. The number of aromatic nitrogens is 2. The standard InChI is InChI=1S/C22H17Cl3N2O2/c23-15-5-8-17(9-6-15)28-12-11-27-20-4-2-1-3-19(20)26-22(27)14-29-21-10-7-16(24)13-18(21)25/h1-10,13H,11-12,14H2. The average molecular weight is 448 g/mol. The number of fused-ring (bicyclic) bond motifs is 1. The van der Waals surface area contributed by atoms with Crippen molar-refractivity contribution < 1.29 is 9.47 Å². The van der Waals surface area contributed by atoms with E-state index in [0.717, 1.165) is 22.6 Å². The van der Waals surface area contributed by atoms with Gasteiger partial charge >= 0.3 is 0 Å². The van der Waals surface area contributed by atoms with Gasteiger partial charge in [0, 0.05) is 10.0 Å². The molecule has 0 atom stereocenters. The van der Waals surface area contributed by atoms with E-state index in [9.17, 15) is 0 Å². The maximum Gasteiger partial charge on any atom is 0.148 e. The molecule has 0 N–H and O–H groups in total. The Morgan fingerprint density at radius 1 is 0.828 bits per heavy atom. The molecule has 1 aromatic heterocycles. The second-order valence-electron chi connectivity index (χ2n) is 6.33. The van der Waals surface area contributed by atoms with E-state index in [0.29, 0.717) is 34.0 Å². The Morgan fingerprint density at radius 2 is 1.59 bits per heavy atom. The quantitative estimate of drug-likeness (QED) is 0.318. The van der Waals surface area contributed by atoms with Crippen LogP contribution in [0, 0.1) is 0 Å². The minimum Gasteiger partial charge on any atom is -0.492 e. The first kappa shape index (κ1) is 19.9. The third-order valence-electron chi connectivity index (χ3n) is 4.38. The van der Waals surface area contributed by atoms with Crippen LogP contribution in [0.2, 0.25) is 15.1 Å². The minimum atomic E-state index is 0.275. The summed E-state index contributed by atoms with van der Waals surface area (Å²) in [5, 5.41) is 1.71. The lowest BCUT2D eigenvalue weighted by Crippen LogP contribution is -2.13. The second-order valence-corrected chi connectivity index (χ2v) is 7.61. The van der Waals surface area contributed by atoms with Crippen LogP contribution in [0.4, 0.5) is 0 Å². The summed E-state index contributed by atoms with van der Waals surface area (Å²) < 4.78 is 13.8. The molecular formula is C22H17Cl3N2O2. The molecule has 3 aromatic carbocycles. The molecule has 0 aliphatic rings. The molecule has 0 fully saturated rings. The van der Waals surface area contributed by atoms with Crippen molar-refractivity contribution in [1.82, 2.24) is 9.55 Å². The van der Waals surface area contributed by atoms with E-state index in [4.69, 9.17) is 49.3 Å². The molecule has 4 rings (SSSR count). The van der Waals surface area contributed by atoms with Crippen molar-refractivity contribution >= 4 is 45.8 Å². The maximum atomic E-state index is 6.21. The topological polar surface area (TPSA) is 36.3 Å². The van der Waals surface area contributed by atoms with E-state index in [2.05, 4.69) is 4.57 Å². The van der Waals surface area contributed by atoms with Gasteiger partial charge in [-0.1, -0.05) is 46.9 Å². The molecule has 1 heterocycles. The molecule has 0 saturated carbocycles. The Balaban J connectivity index is 1.51. The van der Waals surface area contributed by atoms with Crippen LogP contribution in [0.1, 0.15) is 5.82 Å². The van der Waals surface area contributed by atoms with Gasteiger partial charge in [-0.15, -0.1) is 0 Å². The summed E-state index contributed by atoms with van der Waals surface area (Å²) in [7, 11) is 0. The van der Waals surface area contributed by atoms with Gasteiger partial charge in [0.1, 0.15) is 30.5 Å². The smallest absolute Gasteiger partial charge is 0.148 e. The average Bonchev–Trinajstić information content (AvgIpc) is 3.06. The monoisotopic (exact) mass is 446 g/mol. The number of rotatable bonds is 7. The highest BCUT2D eigenvalue weighted by Crippen LogP contribution is 2.28. The molecule has 0 spiro atoms. The second kappa shape index (κ2) is 8.95. The lowest BCUT2D eigenvalue weighted by molar-refractivity contribution is 0.272. The van der Waals surface area contributed by atoms with Gasteiger partial charge in [0.05, 0.1) is 22.6 Å². The summed E-state index contributed by atoms with van der Waals surface area (Å²) in [6.45, 7) is 1.38. The Labute approximate surface area is 183 Å². The number of para-hydroxylation sites is 2. The van der Waals surface area contributed by atoms with Crippen LogP contribution in [-0.4, -0.2) is 16.2 Å². The zero-order valence-electron chi connectivity index (χ0n) is 15.3. The highest BCUT2D eigenvalue weighted by Gasteiger charge is 2.12. The van der Waals surface area contributed by atoms with Gasteiger partial charge in [0.2, 0.25) is 0 Å². The third-order valence-corrected chi connectivity index (χ3v) is 5.16. The molecule has 0 radical (unpaired) electrons. The van der Waals surface area contributed by atoms with Crippen LogP contribution in [-0.2, 0) is 13.2 Å². The van der Waals surface area contributed by atoms with Gasteiger partial charge < -0.3 is 14.0 Å². The molecule has 29 heavy (non-hydrogen) atoms. The summed E-state index contributed by atoms with van der Waals surface area (Å²) in [6.07, 6.45) is 0. The van der Waals surface area contributed by atoms with E-state index >= 15 is 0 Å². The highest BCUT2D eigenvalue weighted by molar-refractivity contribution is 6.35. The van der Waals surface area contributed by atoms with Gasteiger partial charge in [-0.2, -0.15) is 0 Å². The molecule has 7 heteroatoms. The molecule has 0 aliphatic heterocycles. The van der Waals surface area contributed by atoms with E-state index in [1.54, 1.807) is 30.3 Å². The molecule has 0 amide bonds. The summed E-state index contributed by atoms with van der Waals surface area (Å²) in [4.78, 5) is 4.71. The van der Waals surface area contributed by atoms with Crippen LogP contribution >= 0.6 is 34.8 Å². The van der Waals surface area contributed by atoms with Crippen molar-refractivity contribution in [2.45, 2.75) is 13.2 Å². The van der Waals surface area contributed by atoms with Crippen molar-refractivity contribution in [2.24, 2.45) is 0 Å². The van der Waals surface area contributed by atoms with E-state index in [-0.39, 0.29) is 6.61 Å². The first-order chi connectivity index (χ1) is 14.1. The number of halogens is 3. The predicted octanol–water partition coefficient (Wildman–Crippen LogP) is 6.65. The number of hydrogen-bond donors (Lipinski definition) is 0. The molecule has 0 aliphatic carbocycles. The fourth-order valence-electron chi connectivity index (χ4n) is 3.01. The van der Waals surface area contributed by atoms with Crippen molar-refractivity contribution in [3.8, 4) is 11.5 Å². The predicted molar refractivity (Wildman–Crippen MR) is 117 cm³/mol. The number of ether oxygens (including phenoxy) is 2. The van der Waals surface area contributed by atoms with Crippen LogP contribution in [0.3, 0.4) is 0 Å². The summed E-state index contributed by atoms with van der Waals surface area (Å²) >= 11 is 18.1. The Morgan fingerprint density at radius 3 is 2.38 bits per heavy atom. The third kappa shape index (κ3) is 4.78. The largest absolute Gasteiger partial charge is 0.492 e. The Hall–Kier alpha value is -2.40. The molecule has 0 bridgehead atoms. The number of imidazole rings is 1. The van der Waals surface area contributed by atoms with Crippen molar-refractivity contribution in [2.75, 3.05) is 6.61 Å².